The summed E-state index contributed by atoms with van der Waals surface area (Å²) in [6, 6.07) is 7.20. The smallest absolute Gasteiger partial charge is 0.258 e. The van der Waals surface area contributed by atoms with E-state index in [2.05, 4.69) is 10.3 Å². The number of anilines is 1. The van der Waals surface area contributed by atoms with Crippen LogP contribution in [0.1, 0.15) is 51.9 Å². The summed E-state index contributed by atoms with van der Waals surface area (Å²) in [5.74, 6) is 0.558. The molecule has 3 rings (SSSR count). The van der Waals surface area contributed by atoms with Crippen molar-refractivity contribution in [2.45, 2.75) is 33.1 Å². The molecule has 1 aliphatic carbocycles. The van der Waals surface area contributed by atoms with Crippen LogP contribution in [0, 0.1) is 6.92 Å². The number of rotatable bonds is 4. The number of aromatic nitrogens is 1. The number of ketones is 1. The van der Waals surface area contributed by atoms with Gasteiger partial charge < -0.3 is 15.0 Å². The number of nitrogens with one attached hydrogen (secondary N) is 2. The Labute approximate surface area is 135 Å². The number of amides is 1. The molecule has 0 unspecified atom stereocenters. The molecular weight excluding hydrogens is 292 g/mol. The molecule has 1 amide bonds. The van der Waals surface area contributed by atoms with E-state index < -0.39 is 0 Å². The molecule has 0 radical (unpaired) electrons. The Bertz CT molecular complexity index is 744. The fraction of sp³-hybridized carbons (Fsp3) is 0.333. The lowest BCUT2D eigenvalue weighted by Crippen LogP contribution is -2.18. The summed E-state index contributed by atoms with van der Waals surface area (Å²) in [6.07, 6.45) is 2.16. The molecule has 0 spiro atoms. The van der Waals surface area contributed by atoms with E-state index >= 15 is 0 Å². The quantitative estimate of drug-likeness (QED) is 0.907. The molecule has 0 bridgehead atoms. The molecule has 5 heteroatoms. The monoisotopic (exact) mass is 312 g/mol. The van der Waals surface area contributed by atoms with E-state index in [-0.39, 0.29) is 11.7 Å². The minimum absolute atomic E-state index is 0.0486. The Balaban J connectivity index is 1.84. The Morgan fingerprint density at radius 3 is 2.70 bits per heavy atom. The van der Waals surface area contributed by atoms with Crippen LogP contribution in [-0.2, 0) is 6.42 Å². The predicted octanol–water partition coefficient (Wildman–Crippen LogP) is 3.49. The largest absolute Gasteiger partial charge is 0.494 e. The molecule has 2 aromatic rings. The second-order valence-electron chi connectivity index (χ2n) is 5.67. The minimum atomic E-state index is -0.251. The number of Topliss-reactive ketones (excluding diaryl/α,β-unsaturated/α-hetero) is 1. The summed E-state index contributed by atoms with van der Waals surface area (Å²) in [6.45, 7) is 4.35. The van der Waals surface area contributed by atoms with E-state index in [1.54, 1.807) is 12.1 Å². The van der Waals surface area contributed by atoms with Crippen molar-refractivity contribution in [3.05, 3.63) is 46.8 Å². The van der Waals surface area contributed by atoms with Gasteiger partial charge in [-0.25, -0.2) is 0 Å². The van der Waals surface area contributed by atoms with Crippen molar-refractivity contribution in [3.63, 3.8) is 0 Å². The lowest BCUT2D eigenvalue weighted by molar-refractivity contribution is 0.0956. The van der Waals surface area contributed by atoms with Gasteiger partial charge in [-0.1, -0.05) is 0 Å². The van der Waals surface area contributed by atoms with Gasteiger partial charge in [0.05, 0.1) is 17.7 Å². The number of benzene rings is 1. The molecule has 0 fully saturated rings. The Hall–Kier alpha value is -2.56. The fourth-order valence-electron chi connectivity index (χ4n) is 3.01. The van der Waals surface area contributed by atoms with Crippen molar-refractivity contribution < 1.29 is 14.3 Å². The number of fused-ring (bicyclic) bond motifs is 1. The summed E-state index contributed by atoms with van der Waals surface area (Å²) in [5.41, 5.74) is 3.34. The van der Waals surface area contributed by atoms with Crippen LogP contribution in [0.15, 0.2) is 24.3 Å². The van der Waals surface area contributed by atoms with Crippen molar-refractivity contribution >= 4 is 17.4 Å². The van der Waals surface area contributed by atoms with Crippen molar-refractivity contribution in [3.8, 4) is 5.75 Å². The van der Waals surface area contributed by atoms with Gasteiger partial charge >= 0.3 is 0 Å². The highest BCUT2D eigenvalue weighted by molar-refractivity contribution is 6.14. The van der Waals surface area contributed by atoms with E-state index in [4.69, 9.17) is 4.74 Å². The lowest BCUT2D eigenvalue weighted by atomic mass is 9.93. The van der Waals surface area contributed by atoms with Gasteiger partial charge in [-0.05, 0) is 51.0 Å². The average molecular weight is 312 g/mol. The van der Waals surface area contributed by atoms with E-state index in [9.17, 15) is 9.59 Å². The molecule has 23 heavy (non-hydrogen) atoms. The zero-order chi connectivity index (χ0) is 16.4. The molecule has 1 heterocycles. The second kappa shape index (κ2) is 6.28. The highest BCUT2D eigenvalue weighted by Crippen LogP contribution is 2.27. The molecule has 1 aliphatic rings. The molecule has 1 aromatic carbocycles. The first-order chi connectivity index (χ1) is 11.1. The molecule has 1 aromatic heterocycles. The number of carbonyl (C=O) groups excluding carboxylic acids is 2. The maximum atomic E-state index is 12.6. The molecule has 120 valence electrons. The Morgan fingerprint density at radius 2 is 2.00 bits per heavy atom. The van der Waals surface area contributed by atoms with Crippen LogP contribution in [0.2, 0.25) is 0 Å². The Morgan fingerprint density at radius 1 is 1.26 bits per heavy atom. The summed E-state index contributed by atoms with van der Waals surface area (Å²) in [7, 11) is 0. The number of aromatic amines is 1. The summed E-state index contributed by atoms with van der Waals surface area (Å²) >= 11 is 0. The van der Waals surface area contributed by atoms with Gasteiger partial charge in [0.1, 0.15) is 5.75 Å². The molecule has 0 saturated carbocycles. The van der Waals surface area contributed by atoms with Crippen LogP contribution >= 0.6 is 0 Å². The van der Waals surface area contributed by atoms with Gasteiger partial charge in [0.2, 0.25) is 0 Å². The third kappa shape index (κ3) is 2.99. The maximum absolute atomic E-state index is 12.6. The number of aryl methyl sites for hydroxylation is 2. The number of ether oxygens (including phenoxy) is 1. The molecule has 0 atom stereocenters. The first kappa shape index (κ1) is 15.3. The molecule has 2 N–H and O–H groups in total. The SMILES string of the molecule is CCOc1ccc(NC(=O)c2c(C)[nH]c3c2C(=O)CCC3)cc1. The first-order valence-corrected chi connectivity index (χ1v) is 7.89. The van der Waals surface area contributed by atoms with Gasteiger partial charge in [-0.2, -0.15) is 0 Å². The first-order valence-electron chi connectivity index (χ1n) is 7.89. The average Bonchev–Trinajstić information content (AvgIpc) is 2.87. The zero-order valence-corrected chi connectivity index (χ0v) is 13.4. The summed E-state index contributed by atoms with van der Waals surface area (Å²) < 4.78 is 5.38. The van der Waals surface area contributed by atoms with Crippen LogP contribution in [-0.4, -0.2) is 23.3 Å². The summed E-state index contributed by atoms with van der Waals surface area (Å²) in [5, 5.41) is 2.86. The van der Waals surface area contributed by atoms with E-state index in [0.717, 1.165) is 30.0 Å². The molecule has 0 saturated heterocycles. The van der Waals surface area contributed by atoms with Gasteiger partial charge in [0.15, 0.2) is 5.78 Å². The van der Waals surface area contributed by atoms with Gasteiger partial charge in [-0.3, -0.25) is 9.59 Å². The highest BCUT2D eigenvalue weighted by Gasteiger charge is 2.28. The van der Waals surface area contributed by atoms with Crippen LogP contribution in [0.4, 0.5) is 5.69 Å². The Kier molecular flexibility index (Phi) is 4.19. The standard InChI is InChI=1S/C18H20N2O3/c1-3-23-13-9-7-12(8-10-13)20-18(22)16-11(2)19-14-5-4-6-15(21)17(14)16/h7-10,19H,3-6H2,1-2H3,(H,20,22). The van der Waals surface area contributed by atoms with Gasteiger partial charge in [0, 0.05) is 23.5 Å². The van der Waals surface area contributed by atoms with E-state index in [1.807, 2.05) is 26.0 Å². The van der Waals surface area contributed by atoms with Crippen LogP contribution in [0.5, 0.6) is 5.75 Å². The van der Waals surface area contributed by atoms with Crippen LogP contribution in [0.25, 0.3) is 0 Å². The third-order valence-electron chi connectivity index (χ3n) is 4.02. The summed E-state index contributed by atoms with van der Waals surface area (Å²) in [4.78, 5) is 28.0. The van der Waals surface area contributed by atoms with Crippen molar-refractivity contribution in [2.24, 2.45) is 0 Å². The van der Waals surface area contributed by atoms with Crippen molar-refractivity contribution in [1.82, 2.24) is 4.98 Å². The highest BCUT2D eigenvalue weighted by atomic mass is 16.5. The number of H-pyrrole nitrogens is 1. The number of hydrogen-bond donors (Lipinski definition) is 2. The van der Waals surface area contributed by atoms with Crippen LogP contribution < -0.4 is 10.1 Å². The van der Waals surface area contributed by atoms with E-state index in [1.165, 1.54) is 0 Å². The zero-order valence-electron chi connectivity index (χ0n) is 13.4. The van der Waals surface area contributed by atoms with Crippen molar-refractivity contribution in [2.75, 3.05) is 11.9 Å². The maximum Gasteiger partial charge on any atom is 0.258 e. The normalized spacial score (nSPS) is 13.6. The number of carbonyl (C=O) groups is 2. The van der Waals surface area contributed by atoms with E-state index in [0.29, 0.717) is 29.8 Å². The number of hydrogen-bond acceptors (Lipinski definition) is 3. The third-order valence-corrected chi connectivity index (χ3v) is 4.02. The van der Waals surface area contributed by atoms with Crippen molar-refractivity contribution in [1.29, 1.82) is 0 Å². The lowest BCUT2D eigenvalue weighted by Gasteiger charge is -2.12. The van der Waals surface area contributed by atoms with Gasteiger partial charge in [-0.15, -0.1) is 0 Å². The minimum Gasteiger partial charge on any atom is -0.494 e. The predicted molar refractivity (Wildman–Crippen MR) is 88.4 cm³/mol. The molecule has 5 nitrogen and oxygen atoms in total. The topological polar surface area (TPSA) is 71.2 Å². The fourth-order valence-corrected chi connectivity index (χ4v) is 3.01. The molecule has 0 aliphatic heterocycles. The van der Waals surface area contributed by atoms with Gasteiger partial charge in [0.25, 0.3) is 5.91 Å². The second-order valence-corrected chi connectivity index (χ2v) is 5.67. The van der Waals surface area contributed by atoms with Crippen LogP contribution in [0.3, 0.4) is 0 Å². The molecular formula is C18H20N2O3.